The largest absolute Gasteiger partial charge is 0.419 e. The van der Waals surface area contributed by atoms with Crippen molar-refractivity contribution in [3.63, 3.8) is 0 Å². The Balaban J connectivity index is 2.20. The molecule has 0 saturated heterocycles. The highest BCUT2D eigenvalue weighted by molar-refractivity contribution is 8.13. The first-order chi connectivity index (χ1) is 9.56. The van der Waals surface area contributed by atoms with E-state index in [2.05, 4.69) is 21.2 Å². The van der Waals surface area contributed by atoms with E-state index in [1.54, 1.807) is 18.2 Å². The van der Waals surface area contributed by atoms with Crippen LogP contribution < -0.4 is 11.4 Å². The van der Waals surface area contributed by atoms with E-state index in [1.165, 1.54) is 18.7 Å². The molecule has 1 heterocycles. The van der Waals surface area contributed by atoms with Crippen LogP contribution in [0.25, 0.3) is 10.9 Å². The van der Waals surface area contributed by atoms with Gasteiger partial charge in [0.05, 0.1) is 10.9 Å². The van der Waals surface area contributed by atoms with Gasteiger partial charge in [-0.05, 0) is 18.2 Å². The zero-order valence-corrected chi connectivity index (χ0v) is 11.5. The number of rotatable bonds is 2. The Kier molecular flexibility index (Phi) is 4.43. The number of aromatic amines is 1. The van der Waals surface area contributed by atoms with Gasteiger partial charge in [-0.2, -0.15) is 0 Å². The molecule has 1 N–H and O–H groups in total. The van der Waals surface area contributed by atoms with Crippen LogP contribution in [0.15, 0.2) is 32.2 Å². The van der Waals surface area contributed by atoms with Crippen LogP contribution >= 0.6 is 11.8 Å². The molecular formula is C14H11NO4S. The molecule has 1 aromatic heterocycles. The van der Waals surface area contributed by atoms with Gasteiger partial charge in [0, 0.05) is 24.7 Å². The lowest BCUT2D eigenvalue weighted by molar-refractivity contribution is -0.109. The lowest BCUT2D eigenvalue weighted by Gasteiger charge is -1.95. The second kappa shape index (κ2) is 6.26. The number of carbonyl (C=O) groups is 1. The van der Waals surface area contributed by atoms with Crippen LogP contribution in [0.1, 0.15) is 18.9 Å². The predicted molar refractivity (Wildman–Crippen MR) is 77.7 cm³/mol. The number of nitrogens with one attached hydrogen (secondary N) is 1. The molecule has 0 aliphatic heterocycles. The smallest absolute Gasteiger partial charge is 0.372 e. The van der Waals surface area contributed by atoms with Gasteiger partial charge >= 0.3 is 11.4 Å². The first kappa shape index (κ1) is 14.2. The minimum absolute atomic E-state index is 0.0686. The highest BCUT2D eigenvalue weighted by Gasteiger charge is 2.02. The molecule has 0 spiro atoms. The monoisotopic (exact) mass is 289 g/mol. The molecule has 2 rings (SSSR count). The SMILES string of the molecule is CC(=O)SCCC#Cc1ccc2[nH]c(=O)oc(=O)c2c1. The number of hydrogen-bond donors (Lipinski definition) is 1. The minimum Gasteiger partial charge on any atom is -0.372 e. The van der Waals surface area contributed by atoms with Gasteiger partial charge in [0.25, 0.3) is 0 Å². The molecule has 0 amide bonds. The number of benzene rings is 1. The van der Waals surface area contributed by atoms with Crippen molar-refractivity contribution in [2.45, 2.75) is 13.3 Å². The van der Waals surface area contributed by atoms with Crippen LogP contribution in [0.3, 0.4) is 0 Å². The molecule has 0 fully saturated rings. The zero-order chi connectivity index (χ0) is 14.5. The Labute approximate surface area is 118 Å². The topological polar surface area (TPSA) is 80.1 Å². The highest BCUT2D eigenvalue weighted by atomic mass is 32.2. The minimum atomic E-state index is -0.775. The Morgan fingerprint density at radius 1 is 1.40 bits per heavy atom. The van der Waals surface area contributed by atoms with E-state index in [0.29, 0.717) is 23.3 Å². The molecule has 0 radical (unpaired) electrons. The highest BCUT2D eigenvalue weighted by Crippen LogP contribution is 2.08. The van der Waals surface area contributed by atoms with Gasteiger partial charge in [-0.25, -0.2) is 9.59 Å². The van der Waals surface area contributed by atoms with Crippen LogP contribution in [0, 0.1) is 11.8 Å². The third-order valence-corrected chi connectivity index (χ3v) is 3.24. The van der Waals surface area contributed by atoms with Crippen LogP contribution in [0.2, 0.25) is 0 Å². The Morgan fingerprint density at radius 2 is 2.20 bits per heavy atom. The van der Waals surface area contributed by atoms with Gasteiger partial charge in [0.2, 0.25) is 0 Å². The van der Waals surface area contributed by atoms with Crippen molar-refractivity contribution in [1.82, 2.24) is 4.98 Å². The van der Waals surface area contributed by atoms with E-state index in [1.807, 2.05) is 0 Å². The summed E-state index contributed by atoms with van der Waals surface area (Å²) < 4.78 is 4.46. The number of fused-ring (bicyclic) bond motifs is 1. The molecule has 20 heavy (non-hydrogen) atoms. The molecule has 2 aromatic rings. The van der Waals surface area contributed by atoms with Crippen molar-refractivity contribution < 1.29 is 9.21 Å². The van der Waals surface area contributed by atoms with E-state index in [0.717, 1.165) is 0 Å². The quantitative estimate of drug-likeness (QED) is 0.669. The van der Waals surface area contributed by atoms with Crippen LogP contribution in [0.4, 0.5) is 0 Å². The van der Waals surface area contributed by atoms with Gasteiger partial charge in [0.15, 0.2) is 5.12 Å². The molecule has 102 valence electrons. The Bertz CT molecular complexity index is 823. The molecule has 6 heteroatoms. The van der Waals surface area contributed by atoms with Crippen molar-refractivity contribution in [2.24, 2.45) is 0 Å². The summed E-state index contributed by atoms with van der Waals surface area (Å²) in [6.45, 7) is 1.52. The number of hydrogen-bond acceptors (Lipinski definition) is 5. The second-order valence-electron chi connectivity index (χ2n) is 3.95. The normalized spacial score (nSPS) is 10.1. The molecular weight excluding hydrogens is 278 g/mol. The van der Waals surface area contributed by atoms with E-state index < -0.39 is 11.4 Å². The summed E-state index contributed by atoms with van der Waals surface area (Å²) in [6.07, 6.45) is 0.586. The fourth-order valence-corrected chi connectivity index (χ4v) is 2.08. The second-order valence-corrected chi connectivity index (χ2v) is 5.23. The van der Waals surface area contributed by atoms with Crippen molar-refractivity contribution in [3.05, 3.63) is 44.7 Å². The fourth-order valence-electron chi connectivity index (χ4n) is 1.58. The molecule has 0 aliphatic rings. The van der Waals surface area contributed by atoms with Crippen LogP contribution in [0.5, 0.6) is 0 Å². The summed E-state index contributed by atoms with van der Waals surface area (Å²) in [5.41, 5.74) is 0.396. The van der Waals surface area contributed by atoms with E-state index in [9.17, 15) is 14.4 Å². The summed E-state index contributed by atoms with van der Waals surface area (Å²) in [5, 5.41) is 0.355. The number of H-pyrrole nitrogens is 1. The summed E-state index contributed by atoms with van der Waals surface area (Å²) in [5.74, 6) is 5.70. The van der Waals surface area contributed by atoms with Crippen molar-refractivity contribution >= 4 is 27.8 Å². The van der Waals surface area contributed by atoms with Gasteiger partial charge in [0.1, 0.15) is 0 Å². The van der Waals surface area contributed by atoms with E-state index in [4.69, 9.17) is 0 Å². The summed E-state index contributed by atoms with van der Waals surface area (Å²) in [4.78, 5) is 35.7. The zero-order valence-electron chi connectivity index (χ0n) is 10.7. The molecule has 0 saturated carbocycles. The first-order valence-corrected chi connectivity index (χ1v) is 6.84. The van der Waals surface area contributed by atoms with Gasteiger partial charge in [-0.1, -0.05) is 23.6 Å². The maximum Gasteiger partial charge on any atom is 0.419 e. The number of thioether (sulfide) groups is 1. The van der Waals surface area contributed by atoms with Crippen molar-refractivity contribution in [3.8, 4) is 11.8 Å². The molecule has 0 unspecified atom stereocenters. The van der Waals surface area contributed by atoms with Gasteiger partial charge in [-0.15, -0.1) is 0 Å². The summed E-state index contributed by atoms with van der Waals surface area (Å²) in [6, 6.07) is 4.90. The maximum atomic E-state index is 11.5. The molecule has 0 atom stereocenters. The van der Waals surface area contributed by atoms with E-state index in [-0.39, 0.29) is 10.5 Å². The van der Waals surface area contributed by atoms with E-state index >= 15 is 0 Å². The van der Waals surface area contributed by atoms with Crippen molar-refractivity contribution in [2.75, 3.05) is 5.75 Å². The lowest BCUT2D eigenvalue weighted by Crippen LogP contribution is -2.14. The molecule has 0 bridgehead atoms. The molecule has 5 nitrogen and oxygen atoms in total. The molecule has 1 aromatic carbocycles. The lowest BCUT2D eigenvalue weighted by atomic mass is 10.1. The van der Waals surface area contributed by atoms with Crippen LogP contribution in [-0.4, -0.2) is 15.9 Å². The van der Waals surface area contributed by atoms with Crippen LogP contribution in [-0.2, 0) is 4.79 Å². The third kappa shape index (κ3) is 3.62. The summed E-state index contributed by atoms with van der Waals surface area (Å²) >= 11 is 1.23. The predicted octanol–water partition coefficient (Wildman–Crippen LogP) is 1.50. The molecule has 0 aliphatic carbocycles. The number of carbonyl (C=O) groups excluding carboxylic acids is 1. The Hall–Kier alpha value is -2.26. The van der Waals surface area contributed by atoms with Gasteiger partial charge < -0.3 is 4.42 Å². The van der Waals surface area contributed by atoms with Crippen molar-refractivity contribution in [1.29, 1.82) is 0 Å². The average Bonchev–Trinajstić information content (AvgIpc) is 2.38. The van der Waals surface area contributed by atoms with Gasteiger partial charge in [-0.3, -0.25) is 9.78 Å². The summed E-state index contributed by atoms with van der Waals surface area (Å²) in [7, 11) is 0. The maximum absolute atomic E-state index is 11.5. The first-order valence-electron chi connectivity index (χ1n) is 5.86. The fraction of sp³-hybridized carbons (Fsp3) is 0.214. The Morgan fingerprint density at radius 3 is 2.95 bits per heavy atom. The standard InChI is InChI=1S/C14H11NO4S/c1-9(16)20-7-3-2-4-10-5-6-12-11(8-10)13(17)19-14(18)15-12/h5-6,8H,3,7H2,1H3,(H,15,18). The third-order valence-electron chi connectivity index (χ3n) is 2.43. The average molecular weight is 289 g/mol. The number of aromatic nitrogens is 1.